The molecule has 0 spiro atoms. The van der Waals surface area contributed by atoms with Gasteiger partial charge in [-0.05, 0) is 70.8 Å². The van der Waals surface area contributed by atoms with Crippen molar-refractivity contribution in [3.63, 3.8) is 0 Å². The van der Waals surface area contributed by atoms with Gasteiger partial charge in [-0.2, -0.15) is 0 Å². The smallest absolute Gasteiger partial charge is 0.410 e. The molecule has 0 aromatic heterocycles. The first-order valence-electron chi connectivity index (χ1n) is 9.27. The Morgan fingerprint density at radius 3 is 2.48 bits per heavy atom. The van der Waals surface area contributed by atoms with E-state index in [1.54, 1.807) is 4.90 Å². The van der Waals surface area contributed by atoms with E-state index in [0.717, 1.165) is 17.9 Å². The third kappa shape index (κ3) is 4.88. The van der Waals surface area contributed by atoms with Gasteiger partial charge < -0.3 is 14.4 Å². The van der Waals surface area contributed by atoms with Crippen LogP contribution in [0.4, 0.5) is 4.79 Å². The number of hydrogen-bond acceptors (Lipinski definition) is 4. The van der Waals surface area contributed by atoms with Gasteiger partial charge in [0.1, 0.15) is 17.5 Å². The number of amides is 1. The minimum Gasteiger partial charge on any atom is -0.486 e. The number of likely N-dealkylation sites (tertiary alicyclic amines) is 2. The van der Waals surface area contributed by atoms with Crippen LogP contribution in [-0.2, 0) is 11.3 Å². The Morgan fingerprint density at radius 2 is 1.88 bits per heavy atom. The van der Waals surface area contributed by atoms with E-state index in [9.17, 15) is 4.79 Å². The summed E-state index contributed by atoms with van der Waals surface area (Å²) in [6.45, 7) is 12.3. The molecule has 2 aliphatic rings. The summed E-state index contributed by atoms with van der Waals surface area (Å²) in [6.07, 6.45) is 2.42. The highest BCUT2D eigenvalue weighted by Crippen LogP contribution is 2.25. The van der Waals surface area contributed by atoms with Crippen molar-refractivity contribution < 1.29 is 14.3 Å². The number of nitrogens with zero attached hydrogens (tertiary/aromatic N) is 2. The highest BCUT2D eigenvalue weighted by atomic mass is 16.6. The summed E-state index contributed by atoms with van der Waals surface area (Å²) in [7, 11) is 0. The van der Waals surface area contributed by atoms with Gasteiger partial charge in [-0.25, -0.2) is 4.79 Å². The molecule has 138 valence electrons. The van der Waals surface area contributed by atoms with Crippen LogP contribution in [0, 0.1) is 6.92 Å². The van der Waals surface area contributed by atoms with E-state index in [2.05, 4.69) is 30.0 Å². The largest absolute Gasteiger partial charge is 0.486 e. The average Bonchev–Trinajstić information content (AvgIpc) is 2.95. The Labute approximate surface area is 150 Å². The third-order valence-electron chi connectivity index (χ3n) is 4.64. The molecule has 1 aromatic carbocycles. The molecule has 5 nitrogen and oxygen atoms in total. The molecule has 2 saturated heterocycles. The second-order valence-electron chi connectivity index (χ2n) is 8.21. The topological polar surface area (TPSA) is 42.0 Å². The Kier molecular flexibility index (Phi) is 5.23. The molecule has 0 N–H and O–H groups in total. The molecule has 0 radical (unpaired) electrons. The molecule has 0 aliphatic carbocycles. The standard InChI is InChI=1S/C20H30N2O3/c1-15-11-16(12-21-9-5-6-10-21)7-8-18(15)24-17-13-22(14-17)19(23)25-20(2,3)4/h7-8,11,17H,5-6,9-10,12-14H2,1-4H3. The number of rotatable bonds is 4. The van der Waals surface area contributed by atoms with E-state index in [0.29, 0.717) is 13.1 Å². The molecule has 2 heterocycles. The number of benzene rings is 1. The van der Waals surface area contributed by atoms with E-state index in [1.165, 1.54) is 31.5 Å². The zero-order valence-electron chi connectivity index (χ0n) is 15.9. The Morgan fingerprint density at radius 1 is 1.20 bits per heavy atom. The lowest BCUT2D eigenvalue weighted by atomic mass is 10.1. The molecule has 1 amide bonds. The second kappa shape index (κ2) is 7.24. The summed E-state index contributed by atoms with van der Waals surface area (Å²) in [5, 5.41) is 0. The van der Waals surface area contributed by atoms with Crippen LogP contribution < -0.4 is 4.74 Å². The van der Waals surface area contributed by atoms with Gasteiger partial charge in [0.2, 0.25) is 0 Å². The normalized spacial score (nSPS) is 19.0. The summed E-state index contributed by atoms with van der Waals surface area (Å²) in [5.41, 5.74) is 2.05. The maximum absolute atomic E-state index is 12.0. The maximum Gasteiger partial charge on any atom is 0.410 e. The number of carbonyl (C=O) groups is 1. The van der Waals surface area contributed by atoms with Crippen LogP contribution in [0.15, 0.2) is 18.2 Å². The minimum atomic E-state index is -0.454. The predicted octanol–water partition coefficient (Wildman–Crippen LogP) is 3.59. The molecule has 0 bridgehead atoms. The van der Waals surface area contributed by atoms with Crippen molar-refractivity contribution in [3.8, 4) is 5.75 Å². The van der Waals surface area contributed by atoms with E-state index in [1.807, 2.05) is 20.8 Å². The zero-order valence-corrected chi connectivity index (χ0v) is 15.9. The van der Waals surface area contributed by atoms with Crippen LogP contribution in [-0.4, -0.2) is 53.8 Å². The molecule has 0 saturated carbocycles. The lowest BCUT2D eigenvalue weighted by Gasteiger charge is -2.39. The molecule has 2 aliphatic heterocycles. The van der Waals surface area contributed by atoms with E-state index < -0.39 is 5.60 Å². The fraction of sp³-hybridized carbons (Fsp3) is 0.650. The number of carbonyl (C=O) groups excluding carboxylic acids is 1. The summed E-state index contributed by atoms with van der Waals surface area (Å²) in [5.74, 6) is 0.916. The molecule has 0 atom stereocenters. The van der Waals surface area contributed by atoms with Crippen LogP contribution in [0.25, 0.3) is 0 Å². The van der Waals surface area contributed by atoms with Crippen LogP contribution in [0.5, 0.6) is 5.75 Å². The highest BCUT2D eigenvalue weighted by Gasteiger charge is 2.35. The Bertz CT molecular complexity index is 612. The number of hydrogen-bond donors (Lipinski definition) is 0. The quantitative estimate of drug-likeness (QED) is 0.835. The van der Waals surface area contributed by atoms with Gasteiger partial charge in [-0.15, -0.1) is 0 Å². The fourth-order valence-electron chi connectivity index (χ4n) is 3.31. The summed E-state index contributed by atoms with van der Waals surface area (Å²) >= 11 is 0. The molecule has 3 rings (SSSR count). The highest BCUT2D eigenvalue weighted by molar-refractivity contribution is 5.69. The van der Waals surface area contributed by atoms with Gasteiger partial charge in [-0.1, -0.05) is 12.1 Å². The summed E-state index contributed by atoms with van der Waals surface area (Å²) < 4.78 is 11.4. The van der Waals surface area contributed by atoms with E-state index in [-0.39, 0.29) is 12.2 Å². The van der Waals surface area contributed by atoms with Crippen molar-refractivity contribution in [1.82, 2.24) is 9.80 Å². The fourth-order valence-corrected chi connectivity index (χ4v) is 3.31. The summed E-state index contributed by atoms with van der Waals surface area (Å²) in [4.78, 5) is 16.1. The van der Waals surface area contributed by atoms with Gasteiger partial charge in [0.05, 0.1) is 13.1 Å². The lowest BCUT2D eigenvalue weighted by molar-refractivity contribution is -0.0222. The molecular weight excluding hydrogens is 316 g/mol. The molecule has 2 fully saturated rings. The van der Waals surface area contributed by atoms with Crippen molar-refractivity contribution in [2.24, 2.45) is 0 Å². The second-order valence-corrected chi connectivity index (χ2v) is 8.21. The lowest BCUT2D eigenvalue weighted by Crippen LogP contribution is -2.57. The van der Waals surface area contributed by atoms with Gasteiger partial charge in [0.25, 0.3) is 0 Å². The predicted molar refractivity (Wildman–Crippen MR) is 97.9 cm³/mol. The average molecular weight is 346 g/mol. The Balaban J connectivity index is 1.48. The molecule has 0 unspecified atom stereocenters. The third-order valence-corrected chi connectivity index (χ3v) is 4.64. The van der Waals surface area contributed by atoms with E-state index >= 15 is 0 Å². The van der Waals surface area contributed by atoms with Crippen LogP contribution in [0.3, 0.4) is 0 Å². The van der Waals surface area contributed by atoms with Crippen LogP contribution >= 0.6 is 0 Å². The van der Waals surface area contributed by atoms with Gasteiger partial charge >= 0.3 is 6.09 Å². The van der Waals surface area contributed by atoms with Crippen LogP contribution in [0.1, 0.15) is 44.7 Å². The van der Waals surface area contributed by atoms with Crippen molar-refractivity contribution in [2.45, 2.75) is 58.8 Å². The monoisotopic (exact) mass is 346 g/mol. The van der Waals surface area contributed by atoms with Gasteiger partial charge in [0, 0.05) is 6.54 Å². The first-order chi connectivity index (χ1) is 11.8. The van der Waals surface area contributed by atoms with Crippen molar-refractivity contribution in [2.75, 3.05) is 26.2 Å². The Hall–Kier alpha value is -1.75. The first kappa shape index (κ1) is 18.1. The van der Waals surface area contributed by atoms with Crippen molar-refractivity contribution in [1.29, 1.82) is 0 Å². The number of ether oxygens (including phenoxy) is 2. The number of aryl methyl sites for hydroxylation is 1. The van der Waals surface area contributed by atoms with E-state index in [4.69, 9.17) is 9.47 Å². The summed E-state index contributed by atoms with van der Waals surface area (Å²) in [6, 6.07) is 6.44. The minimum absolute atomic E-state index is 0.0515. The molecular formula is C20H30N2O3. The van der Waals surface area contributed by atoms with Crippen LogP contribution in [0.2, 0.25) is 0 Å². The SMILES string of the molecule is Cc1cc(CN2CCCC2)ccc1OC1CN(C(=O)OC(C)(C)C)C1. The molecule has 1 aromatic rings. The first-order valence-corrected chi connectivity index (χ1v) is 9.27. The molecule has 25 heavy (non-hydrogen) atoms. The molecule has 5 heteroatoms. The maximum atomic E-state index is 12.0. The zero-order chi connectivity index (χ0) is 18.0. The van der Waals surface area contributed by atoms with Crippen molar-refractivity contribution in [3.05, 3.63) is 29.3 Å². The van der Waals surface area contributed by atoms with Gasteiger partial charge in [0.15, 0.2) is 0 Å². The van der Waals surface area contributed by atoms with Gasteiger partial charge in [-0.3, -0.25) is 4.90 Å². The van der Waals surface area contributed by atoms with Crippen molar-refractivity contribution >= 4 is 6.09 Å².